The van der Waals surface area contributed by atoms with Crippen LogP contribution in [0.2, 0.25) is 0 Å². The second-order valence-corrected chi connectivity index (χ2v) is 2.30. The molecule has 0 heterocycles. The van der Waals surface area contributed by atoms with E-state index in [-0.39, 0.29) is 5.88 Å². The molecule has 0 aromatic rings. The van der Waals surface area contributed by atoms with Crippen molar-refractivity contribution < 1.29 is 12.9 Å². The van der Waals surface area contributed by atoms with Gasteiger partial charge >= 0.3 is 11.4 Å². The Kier molecular flexibility index (Phi) is 4.89. The molecular formula is C2H4Cl2O3S. The average molecular weight is 179 g/mol. The Balaban J connectivity index is 3.24. The Morgan fingerprint density at radius 1 is 1.88 bits per heavy atom. The number of alkyl halides is 2. The SMILES string of the molecule is O=S(O)OC(Cl)CCl. The third kappa shape index (κ3) is 4.80. The molecule has 2 unspecified atom stereocenters. The van der Waals surface area contributed by atoms with Crippen molar-refractivity contribution in [1.29, 1.82) is 0 Å². The molecule has 0 radical (unpaired) electrons. The Hall–Kier alpha value is 0.650. The van der Waals surface area contributed by atoms with Crippen LogP contribution in [0.1, 0.15) is 0 Å². The molecule has 0 aromatic heterocycles. The van der Waals surface area contributed by atoms with Crippen molar-refractivity contribution in [1.82, 2.24) is 0 Å². The lowest BCUT2D eigenvalue weighted by molar-refractivity contribution is 0.295. The van der Waals surface area contributed by atoms with Crippen LogP contribution >= 0.6 is 23.2 Å². The highest BCUT2D eigenvalue weighted by Crippen LogP contribution is 2.01. The molecule has 50 valence electrons. The molecule has 0 amide bonds. The normalized spacial score (nSPS) is 17.9. The van der Waals surface area contributed by atoms with E-state index in [1.54, 1.807) is 0 Å². The van der Waals surface area contributed by atoms with E-state index in [0.29, 0.717) is 0 Å². The molecule has 0 aliphatic heterocycles. The number of halogens is 2. The van der Waals surface area contributed by atoms with E-state index in [9.17, 15) is 4.21 Å². The van der Waals surface area contributed by atoms with Crippen molar-refractivity contribution >= 4 is 34.6 Å². The molecule has 0 bridgehead atoms. The molecule has 1 N–H and O–H groups in total. The molecule has 0 aliphatic rings. The van der Waals surface area contributed by atoms with Crippen LogP contribution in [0.25, 0.3) is 0 Å². The van der Waals surface area contributed by atoms with Gasteiger partial charge in [-0.2, -0.15) is 4.21 Å². The molecule has 0 rings (SSSR count). The second-order valence-electron chi connectivity index (χ2n) is 0.878. The van der Waals surface area contributed by atoms with Gasteiger partial charge in [0.25, 0.3) is 0 Å². The lowest BCUT2D eigenvalue weighted by Gasteiger charge is -1.99. The summed E-state index contributed by atoms with van der Waals surface area (Å²) in [6, 6.07) is 0. The molecule has 0 saturated heterocycles. The van der Waals surface area contributed by atoms with Crippen LogP contribution in [0.4, 0.5) is 0 Å². The molecule has 0 spiro atoms. The predicted molar refractivity (Wildman–Crippen MR) is 32.2 cm³/mol. The summed E-state index contributed by atoms with van der Waals surface area (Å²) in [4.78, 5) is 0. The van der Waals surface area contributed by atoms with E-state index < -0.39 is 16.9 Å². The van der Waals surface area contributed by atoms with Crippen LogP contribution < -0.4 is 0 Å². The highest BCUT2D eigenvalue weighted by Gasteiger charge is 2.04. The van der Waals surface area contributed by atoms with E-state index in [0.717, 1.165) is 0 Å². The Labute approximate surface area is 59.4 Å². The molecular weight excluding hydrogens is 175 g/mol. The lowest BCUT2D eigenvalue weighted by Crippen LogP contribution is -2.07. The van der Waals surface area contributed by atoms with Gasteiger partial charge in [0.2, 0.25) is 0 Å². The summed E-state index contributed by atoms with van der Waals surface area (Å²) < 4.78 is 21.7. The fourth-order valence-electron chi connectivity index (χ4n) is 0.115. The van der Waals surface area contributed by atoms with Crippen molar-refractivity contribution in [2.45, 2.75) is 5.56 Å². The summed E-state index contributed by atoms with van der Waals surface area (Å²) in [5.41, 5.74) is -0.887. The fourth-order valence-corrected chi connectivity index (χ4v) is 0.686. The van der Waals surface area contributed by atoms with Crippen LogP contribution in [0, 0.1) is 0 Å². The minimum Gasteiger partial charge on any atom is -0.284 e. The minimum absolute atomic E-state index is 0.00610. The van der Waals surface area contributed by atoms with Crippen LogP contribution in [0.15, 0.2) is 0 Å². The van der Waals surface area contributed by atoms with Gasteiger partial charge in [-0.25, -0.2) is 4.18 Å². The first-order valence-corrected chi connectivity index (χ1v) is 3.65. The van der Waals surface area contributed by atoms with Gasteiger partial charge in [-0.3, -0.25) is 4.55 Å². The van der Waals surface area contributed by atoms with Crippen LogP contribution in [-0.4, -0.2) is 20.2 Å². The van der Waals surface area contributed by atoms with Gasteiger partial charge < -0.3 is 0 Å². The fraction of sp³-hybridized carbons (Fsp3) is 1.00. The summed E-state index contributed by atoms with van der Waals surface area (Å²) in [7, 11) is 0. The number of hydrogen-bond acceptors (Lipinski definition) is 2. The minimum atomic E-state index is -2.31. The summed E-state index contributed by atoms with van der Waals surface area (Å²) >= 11 is 7.93. The Bertz CT molecular complexity index is 87.4. The molecule has 0 fully saturated rings. The van der Waals surface area contributed by atoms with E-state index in [4.69, 9.17) is 27.8 Å². The van der Waals surface area contributed by atoms with E-state index >= 15 is 0 Å². The smallest absolute Gasteiger partial charge is 0.284 e. The largest absolute Gasteiger partial charge is 0.303 e. The maximum absolute atomic E-state index is 9.71. The quantitative estimate of drug-likeness (QED) is 0.518. The zero-order chi connectivity index (χ0) is 6.57. The second kappa shape index (κ2) is 4.52. The number of hydrogen-bond donors (Lipinski definition) is 1. The standard InChI is InChI=1S/C2H4Cl2O3S/c3-1-2(4)7-8(5)6/h2H,1H2,(H,5,6). The van der Waals surface area contributed by atoms with Gasteiger partial charge in [-0.1, -0.05) is 11.6 Å². The zero-order valence-electron chi connectivity index (χ0n) is 3.71. The molecule has 0 aliphatic carbocycles. The first-order valence-electron chi connectivity index (χ1n) is 1.65. The molecule has 3 nitrogen and oxygen atoms in total. The topological polar surface area (TPSA) is 46.5 Å². The summed E-state index contributed by atoms with van der Waals surface area (Å²) in [6.45, 7) is 0. The summed E-state index contributed by atoms with van der Waals surface area (Å²) in [5, 5.41) is 0. The summed E-state index contributed by atoms with van der Waals surface area (Å²) in [6.07, 6.45) is 0. The van der Waals surface area contributed by atoms with Crippen LogP contribution in [-0.2, 0) is 15.5 Å². The van der Waals surface area contributed by atoms with Crippen molar-refractivity contribution in [3.05, 3.63) is 0 Å². The molecule has 6 heteroatoms. The Morgan fingerprint density at radius 2 is 2.38 bits per heavy atom. The monoisotopic (exact) mass is 178 g/mol. The van der Waals surface area contributed by atoms with Gasteiger partial charge in [-0.15, -0.1) is 11.6 Å². The number of rotatable bonds is 3. The first kappa shape index (κ1) is 8.65. The van der Waals surface area contributed by atoms with Gasteiger partial charge in [-0.05, 0) is 0 Å². The van der Waals surface area contributed by atoms with Crippen molar-refractivity contribution in [3.8, 4) is 0 Å². The van der Waals surface area contributed by atoms with E-state index in [2.05, 4.69) is 4.18 Å². The van der Waals surface area contributed by atoms with Gasteiger partial charge in [0, 0.05) is 0 Å². The maximum Gasteiger partial charge on any atom is 0.303 e. The third-order valence-corrected chi connectivity index (χ3v) is 1.49. The average Bonchev–Trinajstić information content (AvgIpc) is 1.65. The lowest BCUT2D eigenvalue weighted by atomic mass is 10.9. The molecule has 2 atom stereocenters. The van der Waals surface area contributed by atoms with Gasteiger partial charge in [0.05, 0.1) is 5.88 Å². The summed E-state index contributed by atoms with van der Waals surface area (Å²) in [5.74, 6) is -0.00610. The van der Waals surface area contributed by atoms with Gasteiger partial charge in [0.1, 0.15) is 0 Å². The maximum atomic E-state index is 9.71. The zero-order valence-corrected chi connectivity index (χ0v) is 6.04. The van der Waals surface area contributed by atoms with E-state index in [1.165, 1.54) is 0 Å². The highest BCUT2D eigenvalue weighted by atomic mass is 35.5. The van der Waals surface area contributed by atoms with E-state index in [1.807, 2.05) is 0 Å². The van der Waals surface area contributed by atoms with Crippen LogP contribution in [0.3, 0.4) is 0 Å². The van der Waals surface area contributed by atoms with Crippen molar-refractivity contribution in [2.24, 2.45) is 0 Å². The van der Waals surface area contributed by atoms with Crippen LogP contribution in [0.5, 0.6) is 0 Å². The molecule has 0 saturated carbocycles. The third-order valence-electron chi connectivity index (χ3n) is 0.308. The van der Waals surface area contributed by atoms with Crippen molar-refractivity contribution in [3.63, 3.8) is 0 Å². The molecule has 0 aromatic carbocycles. The van der Waals surface area contributed by atoms with Crippen molar-refractivity contribution in [2.75, 3.05) is 5.88 Å². The highest BCUT2D eigenvalue weighted by molar-refractivity contribution is 7.74. The first-order chi connectivity index (χ1) is 3.66. The predicted octanol–water partition coefficient (Wildman–Crippen LogP) is 0.943. The van der Waals surface area contributed by atoms with Gasteiger partial charge in [0.15, 0.2) is 5.56 Å². The Morgan fingerprint density at radius 3 is 2.50 bits per heavy atom. The molecule has 8 heavy (non-hydrogen) atoms.